The maximum absolute atomic E-state index is 11.4. The lowest BCUT2D eigenvalue weighted by molar-refractivity contribution is -0.232. The van der Waals surface area contributed by atoms with Gasteiger partial charge in [0, 0.05) is 0 Å². The van der Waals surface area contributed by atoms with Gasteiger partial charge in [-0.2, -0.15) is 13.2 Å². The van der Waals surface area contributed by atoms with Crippen molar-refractivity contribution in [2.45, 2.75) is 18.4 Å². The van der Waals surface area contributed by atoms with Gasteiger partial charge in [0.05, 0.1) is 0 Å². The summed E-state index contributed by atoms with van der Waals surface area (Å²) in [5, 5.41) is 24.0. The molecule has 0 radical (unpaired) electrons. The minimum absolute atomic E-state index is 2.12. The maximum Gasteiger partial charge on any atom is 0.417 e. The van der Waals surface area contributed by atoms with E-state index in [0.29, 0.717) is 0 Å². The molecule has 0 fully saturated rings. The third-order valence-electron chi connectivity index (χ3n) is 0.887. The first-order chi connectivity index (χ1) is 4.76. The van der Waals surface area contributed by atoms with Crippen LogP contribution in [0.1, 0.15) is 0 Å². The molecule has 0 amide bonds. The highest BCUT2D eigenvalue weighted by atomic mass is 19.4. The van der Waals surface area contributed by atoms with Crippen molar-refractivity contribution in [2.24, 2.45) is 0 Å². The number of aliphatic hydroxyl groups is 2. The van der Waals surface area contributed by atoms with Gasteiger partial charge >= 0.3 is 12.1 Å². The molecule has 2 atom stereocenters. The number of carboxylic acids is 1. The Kier molecular flexibility index (Phi) is 2.83. The van der Waals surface area contributed by atoms with E-state index in [0.717, 1.165) is 0 Å². The summed E-state index contributed by atoms with van der Waals surface area (Å²) < 4.78 is 34.2. The number of alkyl halides is 3. The lowest BCUT2D eigenvalue weighted by Crippen LogP contribution is -2.44. The predicted molar refractivity (Wildman–Crippen MR) is 25.7 cm³/mol. The Morgan fingerprint density at radius 3 is 1.73 bits per heavy atom. The number of hydrogen-bond donors (Lipinski definition) is 3. The topological polar surface area (TPSA) is 77.8 Å². The standard InChI is InChI=1S/C4H5F3O4/c5-4(6,7)2(9)1(8)3(10)11/h1-2,8-9H,(H,10,11)/t1-,2-/m0/s1. The third-order valence-corrected chi connectivity index (χ3v) is 0.887. The van der Waals surface area contributed by atoms with E-state index >= 15 is 0 Å². The van der Waals surface area contributed by atoms with E-state index in [9.17, 15) is 18.0 Å². The van der Waals surface area contributed by atoms with Crippen LogP contribution in [0.4, 0.5) is 13.2 Å². The van der Waals surface area contributed by atoms with Crippen LogP contribution in [0.25, 0.3) is 0 Å². The van der Waals surface area contributed by atoms with Crippen LogP contribution in [0, 0.1) is 0 Å². The summed E-state index contributed by atoms with van der Waals surface area (Å²) in [7, 11) is 0. The van der Waals surface area contributed by atoms with Gasteiger partial charge in [-0.25, -0.2) is 4.79 Å². The van der Waals surface area contributed by atoms with Gasteiger partial charge in [0.25, 0.3) is 0 Å². The molecule has 0 rings (SSSR count). The molecule has 0 aromatic rings. The zero-order valence-corrected chi connectivity index (χ0v) is 5.04. The molecule has 0 bridgehead atoms. The molecule has 3 N–H and O–H groups in total. The van der Waals surface area contributed by atoms with Crippen molar-refractivity contribution < 1.29 is 33.3 Å². The Balaban J connectivity index is 4.25. The molecule has 11 heavy (non-hydrogen) atoms. The molecular weight excluding hydrogens is 169 g/mol. The minimum Gasteiger partial charge on any atom is -0.479 e. The van der Waals surface area contributed by atoms with Crippen LogP contribution in [0.15, 0.2) is 0 Å². The first-order valence-corrected chi connectivity index (χ1v) is 2.42. The first kappa shape index (κ1) is 10.2. The van der Waals surface area contributed by atoms with Crippen LogP contribution in [0.2, 0.25) is 0 Å². The van der Waals surface area contributed by atoms with Gasteiger partial charge in [-0.1, -0.05) is 0 Å². The fraction of sp³-hybridized carbons (Fsp3) is 0.750. The Morgan fingerprint density at radius 2 is 1.64 bits per heavy atom. The zero-order valence-electron chi connectivity index (χ0n) is 5.04. The van der Waals surface area contributed by atoms with Crippen LogP contribution < -0.4 is 0 Å². The fourth-order valence-electron chi connectivity index (χ4n) is 0.314. The van der Waals surface area contributed by atoms with Crippen molar-refractivity contribution in [1.29, 1.82) is 0 Å². The summed E-state index contributed by atoms with van der Waals surface area (Å²) in [5.74, 6) is -2.12. The van der Waals surface area contributed by atoms with E-state index < -0.39 is 24.4 Å². The van der Waals surface area contributed by atoms with Crippen molar-refractivity contribution in [1.82, 2.24) is 0 Å². The van der Waals surface area contributed by atoms with Crippen molar-refractivity contribution in [3.05, 3.63) is 0 Å². The highest BCUT2D eigenvalue weighted by Crippen LogP contribution is 2.22. The lowest BCUT2D eigenvalue weighted by atomic mass is 10.2. The van der Waals surface area contributed by atoms with Crippen LogP contribution in [0.5, 0.6) is 0 Å². The van der Waals surface area contributed by atoms with Gasteiger partial charge in [0.15, 0.2) is 12.2 Å². The molecule has 0 aromatic heterocycles. The number of aliphatic carboxylic acids is 1. The molecule has 4 nitrogen and oxygen atoms in total. The predicted octanol–water partition coefficient (Wildman–Crippen LogP) is -0.645. The fourth-order valence-corrected chi connectivity index (χ4v) is 0.314. The second-order valence-electron chi connectivity index (χ2n) is 1.77. The molecule has 0 spiro atoms. The Hall–Kier alpha value is -0.820. The first-order valence-electron chi connectivity index (χ1n) is 2.42. The van der Waals surface area contributed by atoms with Gasteiger partial charge < -0.3 is 15.3 Å². The van der Waals surface area contributed by atoms with Gasteiger partial charge in [-0.15, -0.1) is 0 Å². The second-order valence-corrected chi connectivity index (χ2v) is 1.77. The minimum atomic E-state index is -5.11. The van der Waals surface area contributed by atoms with Gasteiger partial charge in [0.2, 0.25) is 0 Å². The molecule has 0 aliphatic heterocycles. The number of hydrogen-bond acceptors (Lipinski definition) is 3. The molecule has 0 saturated heterocycles. The average Bonchev–Trinajstić information content (AvgIpc) is 1.82. The Morgan fingerprint density at radius 1 is 1.27 bits per heavy atom. The monoisotopic (exact) mass is 174 g/mol. The van der Waals surface area contributed by atoms with Gasteiger partial charge in [-0.05, 0) is 0 Å². The maximum atomic E-state index is 11.4. The molecule has 0 aromatic carbocycles. The van der Waals surface area contributed by atoms with Crippen molar-refractivity contribution >= 4 is 5.97 Å². The Bertz CT molecular complexity index is 154. The molecule has 7 heteroatoms. The lowest BCUT2D eigenvalue weighted by Gasteiger charge is -2.16. The number of carboxylic acid groups (broad SMARTS) is 1. The average molecular weight is 174 g/mol. The van der Waals surface area contributed by atoms with E-state index in [4.69, 9.17) is 15.3 Å². The number of aliphatic hydroxyl groups excluding tert-OH is 2. The Labute approximate surface area is 58.9 Å². The molecule has 0 aliphatic carbocycles. The largest absolute Gasteiger partial charge is 0.479 e. The molecule has 0 saturated carbocycles. The van der Waals surface area contributed by atoms with Crippen molar-refractivity contribution in [3.8, 4) is 0 Å². The number of halogens is 3. The van der Waals surface area contributed by atoms with Gasteiger partial charge in [0.1, 0.15) is 0 Å². The summed E-state index contributed by atoms with van der Waals surface area (Å²) in [6, 6.07) is 0. The molecule has 0 aliphatic rings. The third kappa shape index (κ3) is 2.72. The molecular formula is C4H5F3O4. The van der Waals surface area contributed by atoms with Crippen LogP contribution in [-0.2, 0) is 4.79 Å². The van der Waals surface area contributed by atoms with E-state index in [2.05, 4.69) is 0 Å². The molecule has 0 heterocycles. The summed E-state index contributed by atoms with van der Waals surface area (Å²) in [5.41, 5.74) is 0. The summed E-state index contributed by atoms with van der Waals surface area (Å²) >= 11 is 0. The van der Waals surface area contributed by atoms with Crippen molar-refractivity contribution in [3.63, 3.8) is 0 Å². The highest BCUT2D eigenvalue weighted by Gasteiger charge is 2.45. The van der Waals surface area contributed by atoms with Crippen molar-refractivity contribution in [2.75, 3.05) is 0 Å². The second kappa shape index (κ2) is 3.05. The van der Waals surface area contributed by atoms with E-state index in [-0.39, 0.29) is 0 Å². The summed E-state index contributed by atoms with van der Waals surface area (Å²) in [4.78, 5) is 9.68. The smallest absolute Gasteiger partial charge is 0.417 e. The van der Waals surface area contributed by atoms with Crippen LogP contribution in [-0.4, -0.2) is 39.7 Å². The molecule has 66 valence electrons. The molecule has 0 unspecified atom stereocenters. The quantitative estimate of drug-likeness (QED) is 0.520. The summed E-state index contributed by atoms with van der Waals surface area (Å²) in [6.07, 6.45) is -11.2. The van der Waals surface area contributed by atoms with Gasteiger partial charge in [-0.3, -0.25) is 0 Å². The van der Waals surface area contributed by atoms with E-state index in [1.165, 1.54) is 0 Å². The summed E-state index contributed by atoms with van der Waals surface area (Å²) in [6.45, 7) is 0. The van der Waals surface area contributed by atoms with E-state index in [1.54, 1.807) is 0 Å². The number of rotatable bonds is 2. The van der Waals surface area contributed by atoms with Crippen LogP contribution in [0.3, 0.4) is 0 Å². The highest BCUT2D eigenvalue weighted by molar-refractivity contribution is 5.72. The normalized spacial score (nSPS) is 17.5. The van der Waals surface area contributed by atoms with Crippen LogP contribution >= 0.6 is 0 Å². The zero-order chi connectivity index (χ0) is 9.23. The number of carbonyl (C=O) groups is 1. The van der Waals surface area contributed by atoms with E-state index in [1.807, 2.05) is 0 Å². The SMILES string of the molecule is O=C(O)[C@@H](O)[C@H](O)C(F)(F)F.